The summed E-state index contributed by atoms with van der Waals surface area (Å²) in [6.45, 7) is 4.43. The van der Waals surface area contributed by atoms with Gasteiger partial charge in [-0.15, -0.1) is 0 Å². The van der Waals surface area contributed by atoms with Gasteiger partial charge in [0.05, 0.1) is 17.3 Å². The van der Waals surface area contributed by atoms with Gasteiger partial charge < -0.3 is 15.2 Å². The average Bonchev–Trinajstić information content (AvgIpc) is 2.88. The van der Waals surface area contributed by atoms with E-state index in [0.717, 1.165) is 42.6 Å². The molecule has 2 rings (SSSR count). The van der Waals surface area contributed by atoms with E-state index in [9.17, 15) is 8.42 Å². The zero-order valence-corrected chi connectivity index (χ0v) is 15.7. The van der Waals surface area contributed by atoms with E-state index in [2.05, 4.69) is 36.0 Å². The van der Waals surface area contributed by atoms with Crippen LogP contribution in [0.3, 0.4) is 0 Å². The Morgan fingerprint density at radius 3 is 2.64 bits per heavy atom. The van der Waals surface area contributed by atoms with E-state index in [4.69, 9.17) is 0 Å². The Morgan fingerprint density at radius 1 is 1.20 bits per heavy atom. The van der Waals surface area contributed by atoms with Gasteiger partial charge in [-0.1, -0.05) is 12.1 Å². The molecule has 3 N–H and O–H groups in total. The average molecular weight is 366 g/mol. The highest BCUT2D eigenvalue weighted by molar-refractivity contribution is 7.88. The zero-order chi connectivity index (χ0) is 18.3. The molecule has 0 spiro atoms. The first-order chi connectivity index (χ1) is 11.9. The van der Waals surface area contributed by atoms with Gasteiger partial charge in [0.2, 0.25) is 10.0 Å². The largest absolute Gasteiger partial charge is 0.356 e. The number of guanidine groups is 1. The quantitative estimate of drug-likeness (QED) is 0.358. The van der Waals surface area contributed by atoms with Crippen molar-refractivity contribution in [2.24, 2.45) is 4.99 Å². The number of nitrogens with zero attached hydrogens (tertiary/aromatic N) is 3. The summed E-state index contributed by atoms with van der Waals surface area (Å²) in [4.78, 5) is 8.69. The highest BCUT2D eigenvalue weighted by Gasteiger charge is 2.06. The Morgan fingerprint density at radius 2 is 1.92 bits per heavy atom. The van der Waals surface area contributed by atoms with E-state index >= 15 is 0 Å². The van der Waals surface area contributed by atoms with Gasteiger partial charge in [0, 0.05) is 33.2 Å². The minimum atomic E-state index is -3.16. The number of hydrogen-bond acceptors (Lipinski definition) is 4. The molecule has 0 fully saturated rings. The summed E-state index contributed by atoms with van der Waals surface area (Å²) in [6, 6.07) is 8.12. The molecule has 1 aromatic heterocycles. The first kappa shape index (κ1) is 19.2. The molecule has 0 aliphatic heterocycles. The molecule has 0 saturated heterocycles. The van der Waals surface area contributed by atoms with Gasteiger partial charge in [-0.2, -0.15) is 0 Å². The van der Waals surface area contributed by atoms with E-state index in [0.29, 0.717) is 19.0 Å². The lowest BCUT2D eigenvalue weighted by molar-refractivity contribution is 0.586. The lowest BCUT2D eigenvalue weighted by Gasteiger charge is -2.12. The van der Waals surface area contributed by atoms with Crippen LogP contribution in [0.4, 0.5) is 0 Å². The smallest absolute Gasteiger partial charge is 0.208 e. The predicted octanol–water partition coefficient (Wildman–Crippen LogP) is 0.449. The highest BCUT2D eigenvalue weighted by Crippen LogP contribution is 2.15. The Kier molecular flexibility index (Phi) is 6.77. The Balaban J connectivity index is 1.75. The van der Waals surface area contributed by atoms with Crippen LogP contribution in [0.2, 0.25) is 0 Å². The molecule has 8 nitrogen and oxygen atoms in total. The molecular weight excluding hydrogens is 340 g/mol. The summed E-state index contributed by atoms with van der Waals surface area (Å²) in [6.07, 6.45) is 2.06. The second-order valence-electron chi connectivity index (χ2n) is 5.75. The Bertz CT molecular complexity index is 828. The van der Waals surface area contributed by atoms with Crippen molar-refractivity contribution in [2.75, 3.05) is 32.9 Å². The fraction of sp³-hybridized carbons (Fsp3) is 0.500. The molecule has 0 saturated carbocycles. The fourth-order valence-electron chi connectivity index (χ4n) is 2.56. The molecule has 2 aromatic rings. The number of aryl methyl sites for hydroxylation is 2. The van der Waals surface area contributed by atoms with Crippen LogP contribution in [0, 0.1) is 6.92 Å². The standard InChI is InChI=1S/C16H26N6O2S/c1-13-21-14-7-4-5-8-15(14)22(13)12-6-9-18-16(17-2)19-10-11-20-25(3,23)24/h4-5,7-8,20H,6,9-12H2,1-3H3,(H2,17,18,19). The second-order valence-corrected chi connectivity index (χ2v) is 7.58. The van der Waals surface area contributed by atoms with Gasteiger partial charge in [0.15, 0.2) is 5.96 Å². The van der Waals surface area contributed by atoms with Crippen LogP contribution in [0.15, 0.2) is 29.3 Å². The van der Waals surface area contributed by atoms with Gasteiger partial charge in [0.1, 0.15) is 5.82 Å². The number of rotatable bonds is 8. The molecule has 9 heteroatoms. The minimum absolute atomic E-state index is 0.319. The van der Waals surface area contributed by atoms with Gasteiger partial charge in [0.25, 0.3) is 0 Å². The van der Waals surface area contributed by atoms with Crippen molar-refractivity contribution in [3.63, 3.8) is 0 Å². The molecule has 138 valence electrons. The number of aromatic nitrogens is 2. The molecule has 1 aromatic carbocycles. The van der Waals surface area contributed by atoms with Crippen LogP contribution >= 0.6 is 0 Å². The topological polar surface area (TPSA) is 100 Å². The molecular formula is C16H26N6O2S. The van der Waals surface area contributed by atoms with Crippen LogP contribution in [0.1, 0.15) is 12.2 Å². The molecule has 0 radical (unpaired) electrons. The summed E-state index contributed by atoms with van der Waals surface area (Å²) < 4.78 is 26.6. The van der Waals surface area contributed by atoms with E-state index in [-0.39, 0.29) is 0 Å². The predicted molar refractivity (Wildman–Crippen MR) is 101 cm³/mol. The first-order valence-corrected chi connectivity index (χ1v) is 10.1. The third-order valence-corrected chi connectivity index (χ3v) is 4.43. The molecule has 0 atom stereocenters. The van der Waals surface area contributed by atoms with E-state index in [1.54, 1.807) is 7.05 Å². The molecule has 0 bridgehead atoms. The maximum atomic E-state index is 11.0. The molecule has 0 amide bonds. The summed E-state index contributed by atoms with van der Waals surface area (Å²) in [5.41, 5.74) is 2.16. The summed E-state index contributed by atoms with van der Waals surface area (Å²) in [5, 5.41) is 6.29. The van der Waals surface area contributed by atoms with Crippen molar-refractivity contribution < 1.29 is 8.42 Å². The van der Waals surface area contributed by atoms with Crippen LogP contribution in [0.25, 0.3) is 11.0 Å². The van der Waals surface area contributed by atoms with Crippen LogP contribution in [-0.4, -0.2) is 56.9 Å². The molecule has 0 aliphatic rings. The monoisotopic (exact) mass is 366 g/mol. The Labute approximate surface area is 148 Å². The molecule has 25 heavy (non-hydrogen) atoms. The molecule has 0 unspecified atom stereocenters. The number of benzene rings is 1. The SMILES string of the molecule is CN=C(NCCCn1c(C)nc2ccccc21)NCCNS(C)(=O)=O. The number of aliphatic imine (C=N–C) groups is 1. The van der Waals surface area contributed by atoms with E-state index in [1.165, 1.54) is 0 Å². The van der Waals surface area contributed by atoms with Crippen molar-refractivity contribution in [2.45, 2.75) is 19.9 Å². The molecule has 1 heterocycles. The van der Waals surface area contributed by atoms with Crippen molar-refractivity contribution in [3.05, 3.63) is 30.1 Å². The zero-order valence-electron chi connectivity index (χ0n) is 14.9. The lowest BCUT2D eigenvalue weighted by Crippen LogP contribution is -2.41. The maximum absolute atomic E-state index is 11.0. The van der Waals surface area contributed by atoms with Crippen molar-refractivity contribution >= 4 is 27.0 Å². The summed E-state index contributed by atoms with van der Waals surface area (Å²) >= 11 is 0. The third kappa shape index (κ3) is 6.02. The molecule has 0 aliphatic carbocycles. The van der Waals surface area contributed by atoms with Crippen LogP contribution < -0.4 is 15.4 Å². The number of imidazole rings is 1. The number of para-hydroxylation sites is 2. The minimum Gasteiger partial charge on any atom is -0.356 e. The Hall–Kier alpha value is -2.13. The van der Waals surface area contributed by atoms with Crippen molar-refractivity contribution in [1.29, 1.82) is 0 Å². The van der Waals surface area contributed by atoms with Crippen molar-refractivity contribution in [3.8, 4) is 0 Å². The van der Waals surface area contributed by atoms with Gasteiger partial charge >= 0.3 is 0 Å². The summed E-state index contributed by atoms with van der Waals surface area (Å²) in [5.74, 6) is 1.66. The summed E-state index contributed by atoms with van der Waals surface area (Å²) in [7, 11) is -1.47. The fourth-order valence-corrected chi connectivity index (χ4v) is 3.03. The van der Waals surface area contributed by atoms with E-state index in [1.807, 2.05) is 25.1 Å². The lowest BCUT2D eigenvalue weighted by atomic mass is 10.3. The van der Waals surface area contributed by atoms with Crippen LogP contribution in [-0.2, 0) is 16.6 Å². The van der Waals surface area contributed by atoms with E-state index < -0.39 is 10.0 Å². The van der Waals surface area contributed by atoms with Gasteiger partial charge in [-0.05, 0) is 25.5 Å². The number of fused-ring (bicyclic) bond motifs is 1. The van der Waals surface area contributed by atoms with Gasteiger partial charge in [-0.3, -0.25) is 4.99 Å². The van der Waals surface area contributed by atoms with Crippen molar-refractivity contribution in [1.82, 2.24) is 24.9 Å². The second kappa shape index (κ2) is 8.82. The normalized spacial score (nSPS) is 12.5. The first-order valence-electron chi connectivity index (χ1n) is 8.22. The maximum Gasteiger partial charge on any atom is 0.208 e. The van der Waals surface area contributed by atoms with Crippen LogP contribution in [0.5, 0.6) is 0 Å². The third-order valence-electron chi connectivity index (χ3n) is 3.70. The number of hydrogen-bond donors (Lipinski definition) is 3. The highest BCUT2D eigenvalue weighted by atomic mass is 32.2. The van der Waals surface area contributed by atoms with Gasteiger partial charge in [-0.25, -0.2) is 18.1 Å². The number of sulfonamides is 1. The number of nitrogens with one attached hydrogen (secondary N) is 3.